The summed E-state index contributed by atoms with van der Waals surface area (Å²) in [7, 11) is 0. The normalized spacial score (nSPS) is 14.1. The first-order valence-electron chi connectivity index (χ1n) is 21.1. The highest BCUT2D eigenvalue weighted by Crippen LogP contribution is 2.49. The average Bonchev–Trinajstić information content (AvgIpc) is 3.70. The molecule has 0 aliphatic carbocycles. The standard InChI is InChI=1S/C54H55BN2S/c1-51(2,3)33-23-25-42(38(26-33)32-18-14-13-15-19-32)56-43-29-34(52(4,5)6)22-24-40(43)55-41-28-35(53(7,8)9)27-39-48(41)57(49-37-20-16-17-21-46(37)58-50(39)49)45-31-36(54(10,11)12)30-44(56)47(45)55/h13-31H,1-12H3. The molecule has 0 radical (unpaired) electrons. The number of aromatic nitrogens is 1. The Morgan fingerprint density at radius 3 is 1.72 bits per heavy atom. The van der Waals surface area contributed by atoms with Gasteiger partial charge < -0.3 is 9.47 Å². The van der Waals surface area contributed by atoms with E-state index in [4.69, 9.17) is 0 Å². The summed E-state index contributed by atoms with van der Waals surface area (Å²) in [5, 5.41) is 2.72. The highest BCUT2D eigenvalue weighted by atomic mass is 32.1. The van der Waals surface area contributed by atoms with Crippen molar-refractivity contribution in [2.45, 2.75) is 105 Å². The summed E-state index contributed by atoms with van der Waals surface area (Å²) >= 11 is 1.96. The molecule has 290 valence electrons. The third kappa shape index (κ3) is 5.50. The van der Waals surface area contributed by atoms with Crippen LogP contribution in [-0.2, 0) is 21.7 Å². The van der Waals surface area contributed by atoms with E-state index in [0.29, 0.717) is 0 Å². The van der Waals surface area contributed by atoms with Crippen LogP contribution in [0.4, 0.5) is 17.1 Å². The van der Waals surface area contributed by atoms with Crippen LogP contribution in [0.25, 0.3) is 48.0 Å². The fourth-order valence-electron chi connectivity index (χ4n) is 9.61. The van der Waals surface area contributed by atoms with Gasteiger partial charge in [0.05, 0.1) is 21.4 Å². The van der Waals surface area contributed by atoms with E-state index in [-0.39, 0.29) is 28.4 Å². The third-order valence-corrected chi connectivity index (χ3v) is 14.2. The van der Waals surface area contributed by atoms with E-state index in [1.165, 1.54) is 104 Å². The van der Waals surface area contributed by atoms with Crippen molar-refractivity contribution in [3.63, 3.8) is 0 Å². The molecule has 0 spiro atoms. The van der Waals surface area contributed by atoms with Gasteiger partial charge >= 0.3 is 0 Å². The second kappa shape index (κ2) is 12.2. The number of hydrogen-bond acceptors (Lipinski definition) is 2. The number of benzene rings is 6. The highest BCUT2D eigenvalue weighted by molar-refractivity contribution is 7.26. The molecule has 0 amide bonds. The molecule has 2 aromatic heterocycles. The summed E-state index contributed by atoms with van der Waals surface area (Å²) in [6, 6.07) is 45.0. The lowest BCUT2D eigenvalue weighted by atomic mass is 9.33. The molecule has 6 aromatic carbocycles. The predicted molar refractivity (Wildman–Crippen MR) is 256 cm³/mol. The van der Waals surface area contributed by atoms with Gasteiger partial charge in [-0.05, 0) is 108 Å². The molecule has 4 heteroatoms. The zero-order chi connectivity index (χ0) is 40.8. The average molecular weight is 775 g/mol. The second-order valence-electron chi connectivity index (χ2n) is 21.1. The molecule has 10 rings (SSSR count). The molecule has 4 heterocycles. The molecule has 2 nitrogen and oxygen atoms in total. The van der Waals surface area contributed by atoms with Crippen LogP contribution in [0.5, 0.6) is 0 Å². The fourth-order valence-corrected chi connectivity index (χ4v) is 10.8. The predicted octanol–water partition coefficient (Wildman–Crippen LogP) is 13.5. The van der Waals surface area contributed by atoms with E-state index in [9.17, 15) is 0 Å². The van der Waals surface area contributed by atoms with E-state index in [2.05, 4.69) is 208 Å². The summed E-state index contributed by atoms with van der Waals surface area (Å²) in [4.78, 5) is 2.66. The molecule has 58 heavy (non-hydrogen) atoms. The Balaban J connectivity index is 1.42. The van der Waals surface area contributed by atoms with Crippen LogP contribution in [-0.4, -0.2) is 11.3 Å². The molecule has 0 saturated heterocycles. The van der Waals surface area contributed by atoms with Crippen LogP contribution in [0.2, 0.25) is 0 Å². The topological polar surface area (TPSA) is 8.17 Å². The minimum atomic E-state index is -0.0863. The maximum Gasteiger partial charge on any atom is 0.252 e. The summed E-state index contributed by atoms with van der Waals surface area (Å²) < 4.78 is 5.42. The van der Waals surface area contributed by atoms with E-state index < -0.39 is 0 Å². The van der Waals surface area contributed by atoms with E-state index >= 15 is 0 Å². The van der Waals surface area contributed by atoms with Crippen molar-refractivity contribution < 1.29 is 0 Å². The van der Waals surface area contributed by atoms with Crippen LogP contribution in [0, 0.1) is 0 Å². The van der Waals surface area contributed by atoms with Crippen molar-refractivity contribution in [1.29, 1.82) is 0 Å². The Hall–Kier alpha value is -5.06. The zero-order valence-corrected chi connectivity index (χ0v) is 37.2. The molecule has 0 saturated carbocycles. The van der Waals surface area contributed by atoms with Crippen molar-refractivity contribution in [3.05, 3.63) is 138 Å². The minimum Gasteiger partial charge on any atom is -0.311 e. The monoisotopic (exact) mass is 774 g/mol. The van der Waals surface area contributed by atoms with Gasteiger partial charge in [-0.2, -0.15) is 0 Å². The lowest BCUT2D eigenvalue weighted by Gasteiger charge is -2.43. The molecular weight excluding hydrogens is 719 g/mol. The Morgan fingerprint density at radius 2 is 1.03 bits per heavy atom. The van der Waals surface area contributed by atoms with Crippen molar-refractivity contribution in [3.8, 4) is 16.8 Å². The molecule has 2 aliphatic heterocycles. The quantitative estimate of drug-likeness (QED) is 0.159. The largest absolute Gasteiger partial charge is 0.311 e. The fraction of sp³-hybridized carbons (Fsp3) is 0.296. The number of rotatable bonds is 2. The second-order valence-corrected chi connectivity index (χ2v) is 22.2. The smallest absolute Gasteiger partial charge is 0.252 e. The molecule has 0 atom stereocenters. The maximum absolute atomic E-state index is 2.68. The molecular formula is C54H55BN2S. The van der Waals surface area contributed by atoms with Crippen LogP contribution in [0.3, 0.4) is 0 Å². The van der Waals surface area contributed by atoms with Gasteiger partial charge in [0.15, 0.2) is 0 Å². The van der Waals surface area contributed by atoms with E-state index in [1.54, 1.807) is 0 Å². The van der Waals surface area contributed by atoms with Gasteiger partial charge in [-0.15, -0.1) is 11.3 Å². The van der Waals surface area contributed by atoms with Crippen LogP contribution >= 0.6 is 11.3 Å². The van der Waals surface area contributed by atoms with Crippen molar-refractivity contribution in [2.24, 2.45) is 0 Å². The number of thiophene rings is 1. The van der Waals surface area contributed by atoms with Crippen LogP contribution in [0.15, 0.2) is 115 Å². The third-order valence-electron chi connectivity index (χ3n) is 13.0. The zero-order valence-electron chi connectivity index (χ0n) is 36.3. The summed E-state index contributed by atoms with van der Waals surface area (Å²) in [5.41, 5.74) is 19.8. The van der Waals surface area contributed by atoms with Gasteiger partial charge in [0.2, 0.25) is 0 Å². The highest BCUT2D eigenvalue weighted by Gasteiger charge is 2.44. The number of anilines is 3. The number of hydrogen-bond donors (Lipinski definition) is 0. The first kappa shape index (κ1) is 37.2. The number of fused-ring (bicyclic) bond motifs is 9. The molecule has 0 bridgehead atoms. The van der Waals surface area contributed by atoms with E-state index in [0.717, 1.165) is 0 Å². The molecule has 0 N–H and O–H groups in total. The first-order valence-corrected chi connectivity index (χ1v) is 22.0. The van der Waals surface area contributed by atoms with Crippen molar-refractivity contribution in [2.75, 3.05) is 4.90 Å². The molecule has 2 aliphatic rings. The molecule has 0 unspecified atom stereocenters. The minimum absolute atomic E-state index is 0.000625. The lowest BCUT2D eigenvalue weighted by Crippen LogP contribution is -2.60. The van der Waals surface area contributed by atoms with Gasteiger partial charge in [-0.25, -0.2) is 0 Å². The van der Waals surface area contributed by atoms with Gasteiger partial charge in [-0.1, -0.05) is 156 Å². The Kier molecular flexibility index (Phi) is 7.86. The SMILES string of the molecule is CC(C)(C)c1ccc(N2c3cc(C(C)(C)C)ccc3B3c4c2cc(C(C)(C)C)cc4-n2c4c3cc(C(C)(C)C)cc4c3sc4ccccc4c32)c(-c2ccccc2)c1. The number of nitrogens with zero attached hydrogens (tertiary/aromatic N) is 2. The first-order chi connectivity index (χ1) is 27.3. The Labute approximate surface area is 349 Å². The molecule has 8 aromatic rings. The maximum atomic E-state index is 2.68. The van der Waals surface area contributed by atoms with Gasteiger partial charge in [-0.3, -0.25) is 0 Å². The van der Waals surface area contributed by atoms with Gasteiger partial charge in [0.25, 0.3) is 6.71 Å². The lowest BCUT2D eigenvalue weighted by molar-refractivity contribution is 0.589. The summed E-state index contributed by atoms with van der Waals surface area (Å²) in [5.74, 6) is 0. The van der Waals surface area contributed by atoms with Crippen LogP contribution < -0.4 is 21.3 Å². The van der Waals surface area contributed by atoms with E-state index in [1.807, 2.05) is 11.3 Å². The molecule has 0 fully saturated rings. The summed E-state index contributed by atoms with van der Waals surface area (Å²) in [6.45, 7) is 28.3. The van der Waals surface area contributed by atoms with Crippen LogP contribution in [0.1, 0.15) is 105 Å². The summed E-state index contributed by atoms with van der Waals surface area (Å²) in [6.07, 6.45) is 0. The Bertz CT molecular complexity index is 2990. The Morgan fingerprint density at radius 1 is 0.448 bits per heavy atom. The van der Waals surface area contributed by atoms with Gasteiger partial charge in [0.1, 0.15) is 0 Å². The van der Waals surface area contributed by atoms with Crippen molar-refractivity contribution >= 4 is 82.7 Å². The van der Waals surface area contributed by atoms with Crippen molar-refractivity contribution in [1.82, 2.24) is 4.57 Å². The van der Waals surface area contributed by atoms with Gasteiger partial charge in [0, 0.05) is 38.1 Å².